The van der Waals surface area contributed by atoms with E-state index in [0.29, 0.717) is 5.56 Å². The summed E-state index contributed by atoms with van der Waals surface area (Å²) < 4.78 is 0. The second-order valence-electron chi connectivity index (χ2n) is 8.30. The van der Waals surface area contributed by atoms with Crippen LogP contribution in [0, 0.1) is 5.92 Å². The molecule has 7 N–H and O–H groups in total. The Bertz CT molecular complexity index is 930. The van der Waals surface area contributed by atoms with Gasteiger partial charge in [0.1, 0.15) is 0 Å². The number of ketones is 2. The third-order valence-corrected chi connectivity index (χ3v) is 5.05. The van der Waals surface area contributed by atoms with Crippen molar-refractivity contribution in [2.75, 3.05) is 6.54 Å². The molecule has 1 aromatic rings. The van der Waals surface area contributed by atoms with E-state index in [1.165, 1.54) is 0 Å². The first kappa shape index (κ1) is 27.8. The molecule has 3 atom stereocenters. The van der Waals surface area contributed by atoms with Gasteiger partial charge >= 0.3 is 5.97 Å². The number of carbonyl (C=O) groups excluding carboxylic acids is 4. The molecule has 3 unspecified atom stereocenters. The maximum Gasteiger partial charge on any atom is 0.346 e. The number of hydrogen-bond acceptors (Lipinski definition) is 8. The van der Waals surface area contributed by atoms with Crippen molar-refractivity contribution in [2.24, 2.45) is 23.1 Å². The predicted molar refractivity (Wildman–Crippen MR) is 122 cm³/mol. The number of benzene rings is 1. The Morgan fingerprint density at radius 1 is 1.03 bits per heavy atom. The highest BCUT2D eigenvalue weighted by molar-refractivity contribution is 6.35. The highest BCUT2D eigenvalue weighted by Crippen LogP contribution is 2.26. The summed E-state index contributed by atoms with van der Waals surface area (Å²) in [6.45, 7) is 7.15. The normalized spacial score (nSPS) is 14.6. The van der Waals surface area contributed by atoms with Gasteiger partial charge in [-0.05, 0) is 36.8 Å². The largest absolute Gasteiger partial charge is 0.479 e. The van der Waals surface area contributed by atoms with Gasteiger partial charge in [-0.25, -0.2) is 9.69 Å². The fourth-order valence-corrected chi connectivity index (χ4v) is 3.46. The van der Waals surface area contributed by atoms with Gasteiger partial charge in [0.15, 0.2) is 5.78 Å². The monoisotopic (exact) mass is 460 g/mol. The number of carboxylic acids is 1. The van der Waals surface area contributed by atoms with Crippen LogP contribution in [0.5, 0.6) is 0 Å². The maximum absolute atomic E-state index is 13.5. The van der Waals surface area contributed by atoms with Crippen molar-refractivity contribution in [1.29, 1.82) is 0 Å². The molecule has 0 heterocycles. The number of imide groups is 1. The average molecular weight is 461 g/mol. The van der Waals surface area contributed by atoms with E-state index >= 15 is 0 Å². The summed E-state index contributed by atoms with van der Waals surface area (Å²) in [6.07, 6.45) is -0.0268. The van der Waals surface area contributed by atoms with E-state index < -0.39 is 53.5 Å². The lowest BCUT2D eigenvalue weighted by Crippen LogP contribution is -2.73. The quantitative estimate of drug-likeness (QED) is 0.241. The van der Waals surface area contributed by atoms with Gasteiger partial charge in [0.25, 0.3) is 5.54 Å². The zero-order chi connectivity index (χ0) is 25.5. The molecule has 0 aromatic heterocycles. The molecule has 1 aromatic carbocycles. The molecule has 10 heteroatoms. The van der Waals surface area contributed by atoms with Gasteiger partial charge in [-0.15, -0.1) is 0 Å². The Hall–Kier alpha value is -3.21. The molecule has 0 saturated carbocycles. The fourth-order valence-electron chi connectivity index (χ4n) is 3.46. The van der Waals surface area contributed by atoms with Gasteiger partial charge in [0, 0.05) is 0 Å². The van der Waals surface area contributed by atoms with Crippen molar-refractivity contribution in [3.63, 3.8) is 0 Å². The molecule has 0 aliphatic rings. The van der Waals surface area contributed by atoms with Crippen molar-refractivity contribution < 1.29 is 29.1 Å². The minimum Gasteiger partial charge on any atom is -0.479 e. The second kappa shape index (κ2) is 11.6. The third kappa shape index (κ3) is 5.98. The highest BCUT2D eigenvalue weighted by Gasteiger charge is 2.61. The molecule has 0 bridgehead atoms. The van der Waals surface area contributed by atoms with Gasteiger partial charge in [0.05, 0.1) is 18.6 Å². The minimum atomic E-state index is -3.27. The number of Topliss-reactive ketones (excluding diaryl/α,β-unsaturated/α-hetero) is 2. The summed E-state index contributed by atoms with van der Waals surface area (Å²) in [4.78, 5) is 65.4. The van der Waals surface area contributed by atoms with Crippen LogP contribution in [0.3, 0.4) is 0 Å². The predicted octanol–water partition coefficient (Wildman–Crippen LogP) is -0.219. The number of nitrogens with two attached hydrogens (primary N) is 3. The van der Waals surface area contributed by atoms with Crippen molar-refractivity contribution in [3.05, 3.63) is 48.0 Å². The first-order chi connectivity index (χ1) is 15.3. The van der Waals surface area contributed by atoms with Crippen LogP contribution in [0.4, 0.5) is 0 Å². The molecule has 2 amide bonds. The van der Waals surface area contributed by atoms with Gasteiger partial charge in [-0.2, -0.15) is 0 Å². The van der Waals surface area contributed by atoms with Crippen molar-refractivity contribution in [3.8, 4) is 0 Å². The van der Waals surface area contributed by atoms with Crippen molar-refractivity contribution >= 4 is 29.4 Å². The van der Waals surface area contributed by atoms with E-state index in [9.17, 15) is 29.1 Å². The molecular formula is C23H32N4O6. The lowest BCUT2D eigenvalue weighted by atomic mass is 9.82. The van der Waals surface area contributed by atoms with Crippen LogP contribution in [0.1, 0.15) is 32.8 Å². The molecule has 0 aliphatic heterocycles. The first-order valence-electron chi connectivity index (χ1n) is 10.4. The zero-order valence-corrected chi connectivity index (χ0v) is 19.1. The van der Waals surface area contributed by atoms with Crippen LogP contribution < -0.4 is 17.2 Å². The summed E-state index contributed by atoms with van der Waals surface area (Å²) in [6, 6.07) is 5.69. The number of nitrogens with zero attached hydrogens (tertiary/aromatic N) is 1. The summed E-state index contributed by atoms with van der Waals surface area (Å²) in [7, 11) is 0. The molecule has 10 nitrogen and oxygen atoms in total. The topological polar surface area (TPSA) is 187 Å². The summed E-state index contributed by atoms with van der Waals surface area (Å²) in [5.41, 5.74) is 14.4. The molecular weight excluding hydrogens is 428 g/mol. The summed E-state index contributed by atoms with van der Waals surface area (Å²) >= 11 is 0. The van der Waals surface area contributed by atoms with Crippen LogP contribution in [0.15, 0.2) is 42.5 Å². The van der Waals surface area contributed by atoms with Crippen LogP contribution >= 0.6 is 0 Å². The van der Waals surface area contributed by atoms with E-state index in [2.05, 4.69) is 6.58 Å². The highest BCUT2D eigenvalue weighted by atomic mass is 16.4. The van der Waals surface area contributed by atoms with E-state index in [1.807, 2.05) is 0 Å². The van der Waals surface area contributed by atoms with E-state index in [4.69, 9.17) is 17.2 Å². The van der Waals surface area contributed by atoms with Crippen molar-refractivity contribution in [1.82, 2.24) is 4.90 Å². The first-order valence-corrected chi connectivity index (χ1v) is 10.4. The Morgan fingerprint density at radius 2 is 1.55 bits per heavy atom. The molecule has 180 valence electrons. The minimum absolute atomic E-state index is 0.0598. The van der Waals surface area contributed by atoms with Crippen LogP contribution in [0.25, 0.3) is 0 Å². The summed E-state index contributed by atoms with van der Waals surface area (Å²) in [5.74, 6) is -7.32. The third-order valence-electron chi connectivity index (χ3n) is 5.05. The summed E-state index contributed by atoms with van der Waals surface area (Å²) in [5, 5.41) is 10.1. The number of aliphatic carboxylic acids is 1. The lowest BCUT2D eigenvalue weighted by Gasteiger charge is -2.39. The second-order valence-corrected chi connectivity index (χ2v) is 8.30. The smallest absolute Gasteiger partial charge is 0.346 e. The zero-order valence-electron chi connectivity index (χ0n) is 19.1. The fraction of sp³-hybridized carbons (Fsp3) is 0.435. The Morgan fingerprint density at radius 3 is 1.97 bits per heavy atom. The number of carboxylic acid groups (broad SMARTS) is 1. The Balaban J connectivity index is 3.75. The van der Waals surface area contributed by atoms with Crippen LogP contribution in [-0.4, -0.2) is 63.5 Å². The average Bonchev–Trinajstić information content (AvgIpc) is 2.75. The number of carbonyl (C=O) groups is 5. The van der Waals surface area contributed by atoms with E-state index in [-0.39, 0.29) is 29.2 Å². The standard InChI is InChI=1S/C23H32N4O6/c1-13(2)10-16(25)20(30)27(21(31)17(26)11-15-8-6-5-7-9-15)23(22(32)33,18(28)12-24)19(29)14(3)4/h5-9,13,16-17H,3,10-12,24-26H2,1-2,4H3,(H,32,33). The van der Waals surface area contributed by atoms with Gasteiger partial charge in [-0.3, -0.25) is 19.2 Å². The number of hydrogen-bond donors (Lipinski definition) is 4. The van der Waals surface area contributed by atoms with E-state index in [0.717, 1.165) is 6.92 Å². The Kier molecular flexibility index (Phi) is 9.78. The molecule has 0 fully saturated rings. The van der Waals surface area contributed by atoms with Crippen molar-refractivity contribution in [2.45, 2.75) is 51.2 Å². The maximum atomic E-state index is 13.5. The van der Waals surface area contributed by atoms with Gasteiger partial charge in [-0.1, -0.05) is 50.8 Å². The molecule has 0 spiro atoms. The number of amides is 2. The lowest BCUT2D eigenvalue weighted by molar-refractivity contribution is -0.174. The van der Waals surface area contributed by atoms with Crippen LogP contribution in [0.2, 0.25) is 0 Å². The van der Waals surface area contributed by atoms with E-state index in [1.54, 1.807) is 44.2 Å². The molecule has 0 aliphatic carbocycles. The number of rotatable bonds is 12. The van der Waals surface area contributed by atoms with Crippen LogP contribution in [-0.2, 0) is 30.4 Å². The SMILES string of the molecule is C=C(C)C(=O)C(C(=O)O)(C(=O)CN)N(C(=O)C(N)Cc1ccccc1)C(=O)C(N)CC(C)C. The Labute approximate surface area is 192 Å². The molecule has 1 rings (SSSR count). The molecule has 0 radical (unpaired) electrons. The van der Waals surface area contributed by atoms with Gasteiger partial charge in [0.2, 0.25) is 17.6 Å². The van der Waals surface area contributed by atoms with Gasteiger partial charge < -0.3 is 22.3 Å². The molecule has 33 heavy (non-hydrogen) atoms. The molecule has 0 saturated heterocycles.